The Labute approximate surface area is 83.6 Å². The summed E-state index contributed by atoms with van der Waals surface area (Å²) in [6.07, 6.45) is 6.79. The minimum atomic E-state index is -0.172. The van der Waals surface area contributed by atoms with Crippen molar-refractivity contribution in [2.45, 2.75) is 12.5 Å². The third-order valence-corrected chi connectivity index (χ3v) is 3.14. The van der Waals surface area contributed by atoms with Gasteiger partial charge in [-0.3, -0.25) is 4.79 Å². The van der Waals surface area contributed by atoms with Crippen LogP contribution in [0.5, 0.6) is 0 Å². The minimum absolute atomic E-state index is 0.0534. The molecule has 0 saturated heterocycles. The second-order valence-electron chi connectivity index (χ2n) is 3.97. The van der Waals surface area contributed by atoms with Crippen LogP contribution in [0.15, 0.2) is 24.8 Å². The Kier molecular flexibility index (Phi) is 2.42. The van der Waals surface area contributed by atoms with Crippen LogP contribution in [-0.2, 0) is 9.53 Å². The molecule has 0 aromatic carbocycles. The van der Waals surface area contributed by atoms with Gasteiger partial charge in [-0.15, -0.1) is 0 Å². The predicted octanol–water partition coefficient (Wildman–Crippen LogP) is 0.865. The summed E-state index contributed by atoms with van der Waals surface area (Å²) in [5, 5.41) is 0. The zero-order valence-corrected chi connectivity index (χ0v) is 8.06. The zero-order chi connectivity index (χ0) is 10.1. The van der Waals surface area contributed by atoms with Crippen LogP contribution in [0, 0.1) is 17.8 Å². The van der Waals surface area contributed by atoms with Gasteiger partial charge in [0.1, 0.15) is 6.61 Å². The maximum atomic E-state index is 11.6. The Morgan fingerprint density at radius 1 is 1.57 bits per heavy atom. The third-order valence-electron chi connectivity index (χ3n) is 3.14. The standard InChI is InChI=1S/C11H15NO2/c1-2-5-14-11(13)9-7-3-4-8(6-7)10(9)12/h2-4,7-10H,1,5-6,12H2/t7?,8-,9-,10+/m0/s1. The summed E-state index contributed by atoms with van der Waals surface area (Å²) in [6, 6.07) is -0.0534. The predicted molar refractivity (Wildman–Crippen MR) is 53.4 cm³/mol. The summed E-state index contributed by atoms with van der Waals surface area (Å²) in [7, 11) is 0. The number of allylic oxidation sites excluding steroid dienone is 1. The Morgan fingerprint density at radius 2 is 2.29 bits per heavy atom. The van der Waals surface area contributed by atoms with Crippen molar-refractivity contribution in [3.05, 3.63) is 24.8 Å². The van der Waals surface area contributed by atoms with Crippen molar-refractivity contribution in [3.8, 4) is 0 Å². The first-order valence-corrected chi connectivity index (χ1v) is 4.95. The molecular weight excluding hydrogens is 178 g/mol. The second kappa shape index (κ2) is 3.58. The molecule has 1 fully saturated rings. The smallest absolute Gasteiger partial charge is 0.311 e. The molecule has 2 bridgehead atoms. The molecule has 0 amide bonds. The molecular formula is C11H15NO2. The van der Waals surface area contributed by atoms with Crippen LogP contribution >= 0.6 is 0 Å². The number of fused-ring (bicyclic) bond motifs is 2. The topological polar surface area (TPSA) is 52.3 Å². The molecule has 1 unspecified atom stereocenters. The molecule has 3 heteroatoms. The van der Waals surface area contributed by atoms with Gasteiger partial charge in [-0.25, -0.2) is 0 Å². The maximum Gasteiger partial charge on any atom is 0.311 e. The lowest BCUT2D eigenvalue weighted by Gasteiger charge is -2.22. The summed E-state index contributed by atoms with van der Waals surface area (Å²) >= 11 is 0. The first-order valence-electron chi connectivity index (χ1n) is 4.95. The highest BCUT2D eigenvalue weighted by Crippen LogP contribution is 2.43. The van der Waals surface area contributed by atoms with Crippen molar-refractivity contribution in [2.24, 2.45) is 23.5 Å². The van der Waals surface area contributed by atoms with Gasteiger partial charge in [0.2, 0.25) is 0 Å². The molecule has 0 aromatic rings. The van der Waals surface area contributed by atoms with Gasteiger partial charge in [0, 0.05) is 6.04 Å². The quantitative estimate of drug-likeness (QED) is 0.534. The molecule has 3 nitrogen and oxygen atoms in total. The van der Waals surface area contributed by atoms with Crippen molar-refractivity contribution in [2.75, 3.05) is 6.61 Å². The normalized spacial score (nSPS) is 38.6. The molecule has 0 heterocycles. The summed E-state index contributed by atoms with van der Waals surface area (Å²) < 4.78 is 5.03. The van der Waals surface area contributed by atoms with Gasteiger partial charge in [0.25, 0.3) is 0 Å². The average Bonchev–Trinajstić information content (AvgIpc) is 2.74. The van der Waals surface area contributed by atoms with E-state index in [0.717, 1.165) is 6.42 Å². The van der Waals surface area contributed by atoms with Gasteiger partial charge in [0.15, 0.2) is 0 Å². The Balaban J connectivity index is 2.01. The van der Waals surface area contributed by atoms with Gasteiger partial charge in [0.05, 0.1) is 5.92 Å². The summed E-state index contributed by atoms with van der Waals surface area (Å²) in [6.45, 7) is 3.78. The van der Waals surface area contributed by atoms with E-state index in [9.17, 15) is 4.79 Å². The number of esters is 1. The first-order chi connectivity index (χ1) is 6.74. The first kappa shape index (κ1) is 9.46. The van der Waals surface area contributed by atoms with Gasteiger partial charge in [-0.1, -0.05) is 24.8 Å². The number of carbonyl (C=O) groups excluding carboxylic acids is 1. The van der Waals surface area contributed by atoms with Gasteiger partial charge < -0.3 is 10.5 Å². The molecule has 0 aromatic heterocycles. The summed E-state index contributed by atoms with van der Waals surface area (Å²) in [5.74, 6) is 0.368. The average molecular weight is 193 g/mol. The second-order valence-corrected chi connectivity index (χ2v) is 3.97. The number of rotatable bonds is 3. The van der Waals surface area contributed by atoms with Crippen LogP contribution in [0.1, 0.15) is 6.42 Å². The van der Waals surface area contributed by atoms with Crippen LogP contribution in [0.2, 0.25) is 0 Å². The van der Waals surface area contributed by atoms with E-state index in [1.165, 1.54) is 0 Å². The number of hydrogen-bond acceptors (Lipinski definition) is 3. The lowest BCUT2D eigenvalue weighted by molar-refractivity contribution is -0.148. The molecule has 2 N–H and O–H groups in total. The van der Waals surface area contributed by atoms with E-state index >= 15 is 0 Å². The largest absolute Gasteiger partial charge is 0.461 e. The molecule has 4 atom stereocenters. The monoisotopic (exact) mass is 193 g/mol. The third kappa shape index (κ3) is 1.38. The Bertz CT molecular complexity index is 285. The van der Waals surface area contributed by atoms with Crippen LogP contribution in [0.4, 0.5) is 0 Å². The van der Waals surface area contributed by atoms with Crippen LogP contribution in [0.3, 0.4) is 0 Å². The molecule has 0 aliphatic heterocycles. The summed E-state index contributed by atoms with van der Waals surface area (Å²) in [4.78, 5) is 11.6. The molecule has 0 radical (unpaired) electrons. The van der Waals surface area contributed by atoms with E-state index in [0.29, 0.717) is 11.8 Å². The van der Waals surface area contributed by atoms with E-state index in [4.69, 9.17) is 10.5 Å². The summed E-state index contributed by atoms with van der Waals surface area (Å²) in [5.41, 5.74) is 5.96. The van der Waals surface area contributed by atoms with Crippen LogP contribution in [0.25, 0.3) is 0 Å². The lowest BCUT2D eigenvalue weighted by atomic mass is 9.90. The molecule has 0 spiro atoms. The molecule has 2 rings (SSSR count). The molecule has 14 heavy (non-hydrogen) atoms. The van der Waals surface area contributed by atoms with Crippen molar-refractivity contribution in [3.63, 3.8) is 0 Å². The van der Waals surface area contributed by atoms with Gasteiger partial charge in [-0.2, -0.15) is 0 Å². The molecule has 76 valence electrons. The van der Waals surface area contributed by atoms with E-state index in [1.807, 2.05) is 0 Å². The van der Waals surface area contributed by atoms with Gasteiger partial charge in [-0.05, 0) is 18.3 Å². The maximum absolute atomic E-state index is 11.6. The Morgan fingerprint density at radius 3 is 2.86 bits per heavy atom. The van der Waals surface area contributed by atoms with Crippen molar-refractivity contribution < 1.29 is 9.53 Å². The fourth-order valence-corrected chi connectivity index (χ4v) is 2.43. The lowest BCUT2D eigenvalue weighted by Crippen LogP contribution is -2.39. The fraction of sp³-hybridized carbons (Fsp3) is 0.545. The number of ether oxygens (including phenoxy) is 1. The molecule has 2 aliphatic carbocycles. The van der Waals surface area contributed by atoms with E-state index in [-0.39, 0.29) is 24.5 Å². The van der Waals surface area contributed by atoms with E-state index in [1.54, 1.807) is 6.08 Å². The minimum Gasteiger partial charge on any atom is -0.461 e. The number of carbonyl (C=O) groups is 1. The van der Waals surface area contributed by atoms with Gasteiger partial charge >= 0.3 is 5.97 Å². The highest BCUT2D eigenvalue weighted by molar-refractivity contribution is 5.75. The van der Waals surface area contributed by atoms with Crippen molar-refractivity contribution >= 4 is 5.97 Å². The Hall–Kier alpha value is -1.09. The van der Waals surface area contributed by atoms with Crippen LogP contribution in [-0.4, -0.2) is 18.6 Å². The van der Waals surface area contributed by atoms with Crippen LogP contribution < -0.4 is 5.73 Å². The van der Waals surface area contributed by atoms with E-state index in [2.05, 4.69) is 18.7 Å². The molecule has 1 saturated carbocycles. The highest BCUT2D eigenvalue weighted by Gasteiger charge is 2.47. The van der Waals surface area contributed by atoms with E-state index < -0.39 is 0 Å². The fourth-order valence-electron chi connectivity index (χ4n) is 2.43. The molecule has 2 aliphatic rings. The highest BCUT2D eigenvalue weighted by atomic mass is 16.5. The van der Waals surface area contributed by atoms with Crippen molar-refractivity contribution in [1.82, 2.24) is 0 Å². The number of nitrogens with two attached hydrogens (primary N) is 1. The van der Waals surface area contributed by atoms with Crippen molar-refractivity contribution in [1.29, 1.82) is 0 Å². The number of hydrogen-bond donors (Lipinski definition) is 1. The SMILES string of the molecule is C=CCOC(=O)[C@H]1C2C=C[C@@H](C2)[C@H]1N. The zero-order valence-electron chi connectivity index (χ0n) is 8.06.